The van der Waals surface area contributed by atoms with Crippen molar-refractivity contribution in [1.29, 1.82) is 0 Å². The van der Waals surface area contributed by atoms with Gasteiger partial charge in [-0.1, -0.05) is 0 Å². The molecule has 2 aromatic heterocycles. The number of aromatic amines is 1. The van der Waals surface area contributed by atoms with Crippen molar-refractivity contribution in [3.05, 3.63) is 44.6 Å². The van der Waals surface area contributed by atoms with E-state index in [1.807, 2.05) is 17.4 Å². The van der Waals surface area contributed by atoms with Gasteiger partial charge in [0.1, 0.15) is 0 Å². The smallest absolute Gasteiger partial charge is 0.408 e. The number of thiophene rings is 1. The highest BCUT2D eigenvalue weighted by Gasteiger charge is 2.20. The van der Waals surface area contributed by atoms with Crippen LogP contribution in [0.25, 0.3) is 11.1 Å². The van der Waals surface area contributed by atoms with Gasteiger partial charge in [-0.3, -0.25) is 4.98 Å². The first-order chi connectivity index (χ1) is 9.70. The molecule has 0 fully saturated rings. The minimum Gasteiger partial charge on any atom is -0.408 e. The minimum atomic E-state index is -0.449. The van der Waals surface area contributed by atoms with E-state index >= 15 is 0 Å². The molecule has 1 aliphatic rings. The number of nitrogen functional groups attached to an aromatic ring is 1. The normalized spacial score (nSPS) is 14.7. The number of benzene rings is 1. The standard InChI is InChI=1S/C14H13N3O2S/c15-9-5-12-10(16-14(18)19-12)6-11(9)17-3-1-13-8(7-17)2-4-20-13/h2,4-6H,1,3,7,15H2,(H,16,18). The summed E-state index contributed by atoms with van der Waals surface area (Å²) in [7, 11) is 0. The Labute approximate surface area is 118 Å². The van der Waals surface area contributed by atoms with Crippen LogP contribution in [0.4, 0.5) is 11.4 Å². The largest absolute Gasteiger partial charge is 0.417 e. The van der Waals surface area contributed by atoms with Crippen LogP contribution in [0.15, 0.2) is 32.8 Å². The number of oxazole rings is 1. The van der Waals surface area contributed by atoms with E-state index in [0.717, 1.165) is 25.2 Å². The Morgan fingerprint density at radius 2 is 2.30 bits per heavy atom. The van der Waals surface area contributed by atoms with E-state index in [0.29, 0.717) is 16.8 Å². The molecular formula is C14H13N3O2S. The molecule has 0 unspecified atom stereocenters. The lowest BCUT2D eigenvalue weighted by Crippen LogP contribution is -2.29. The molecule has 0 radical (unpaired) electrons. The molecule has 0 atom stereocenters. The fourth-order valence-electron chi connectivity index (χ4n) is 2.73. The molecule has 102 valence electrons. The first-order valence-corrected chi connectivity index (χ1v) is 7.31. The SMILES string of the molecule is Nc1cc2oc(=O)[nH]c2cc1N1CCc2sccc2C1. The highest BCUT2D eigenvalue weighted by atomic mass is 32.1. The third-order valence-electron chi connectivity index (χ3n) is 3.72. The second-order valence-electron chi connectivity index (χ2n) is 4.96. The summed E-state index contributed by atoms with van der Waals surface area (Å²) in [6.07, 6.45) is 1.03. The summed E-state index contributed by atoms with van der Waals surface area (Å²) in [5, 5.41) is 2.13. The number of hydrogen-bond donors (Lipinski definition) is 2. The molecule has 1 aromatic carbocycles. The number of rotatable bonds is 1. The number of H-pyrrole nitrogens is 1. The lowest BCUT2D eigenvalue weighted by molar-refractivity contribution is 0.555. The predicted molar refractivity (Wildman–Crippen MR) is 80.3 cm³/mol. The quantitative estimate of drug-likeness (QED) is 0.674. The van der Waals surface area contributed by atoms with Crippen LogP contribution in [0.3, 0.4) is 0 Å². The van der Waals surface area contributed by atoms with Crippen LogP contribution in [0, 0.1) is 0 Å². The molecule has 0 aliphatic carbocycles. The number of anilines is 2. The summed E-state index contributed by atoms with van der Waals surface area (Å²) in [5.74, 6) is -0.449. The van der Waals surface area contributed by atoms with Crippen LogP contribution in [-0.4, -0.2) is 11.5 Å². The first-order valence-electron chi connectivity index (χ1n) is 6.43. The molecule has 20 heavy (non-hydrogen) atoms. The van der Waals surface area contributed by atoms with Crippen LogP contribution in [0.5, 0.6) is 0 Å². The van der Waals surface area contributed by atoms with Crippen LogP contribution >= 0.6 is 11.3 Å². The number of hydrogen-bond acceptors (Lipinski definition) is 5. The topological polar surface area (TPSA) is 75.3 Å². The molecule has 6 heteroatoms. The van der Waals surface area contributed by atoms with Crippen molar-refractivity contribution < 1.29 is 4.42 Å². The van der Waals surface area contributed by atoms with Gasteiger partial charge < -0.3 is 15.1 Å². The molecule has 4 rings (SSSR count). The van der Waals surface area contributed by atoms with Crippen LogP contribution in [0.1, 0.15) is 10.4 Å². The van der Waals surface area contributed by atoms with E-state index in [1.54, 1.807) is 6.07 Å². The zero-order valence-electron chi connectivity index (χ0n) is 10.7. The summed E-state index contributed by atoms with van der Waals surface area (Å²) in [6, 6.07) is 5.78. The molecular weight excluding hydrogens is 274 g/mol. The number of fused-ring (bicyclic) bond motifs is 2. The maximum absolute atomic E-state index is 11.2. The summed E-state index contributed by atoms with van der Waals surface area (Å²) < 4.78 is 5.03. The predicted octanol–water partition coefficient (Wildman–Crippen LogP) is 2.33. The monoisotopic (exact) mass is 287 g/mol. The molecule has 0 bridgehead atoms. The highest BCUT2D eigenvalue weighted by Crippen LogP contribution is 2.33. The number of nitrogens with one attached hydrogen (secondary N) is 1. The van der Waals surface area contributed by atoms with Gasteiger partial charge in [0.05, 0.1) is 16.9 Å². The maximum atomic E-state index is 11.2. The Balaban J connectivity index is 1.78. The lowest BCUT2D eigenvalue weighted by Gasteiger charge is -2.30. The number of nitrogens with zero attached hydrogens (tertiary/aromatic N) is 1. The Morgan fingerprint density at radius 3 is 3.20 bits per heavy atom. The van der Waals surface area contributed by atoms with Crippen molar-refractivity contribution in [3.63, 3.8) is 0 Å². The third-order valence-corrected chi connectivity index (χ3v) is 4.74. The second-order valence-corrected chi connectivity index (χ2v) is 5.96. The van der Waals surface area contributed by atoms with Crippen molar-refractivity contribution in [2.24, 2.45) is 0 Å². The fourth-order valence-corrected chi connectivity index (χ4v) is 3.62. The van der Waals surface area contributed by atoms with Gasteiger partial charge in [0.15, 0.2) is 5.58 Å². The van der Waals surface area contributed by atoms with Crippen molar-refractivity contribution in [2.75, 3.05) is 17.2 Å². The van der Waals surface area contributed by atoms with Gasteiger partial charge in [-0.25, -0.2) is 4.79 Å². The summed E-state index contributed by atoms with van der Waals surface area (Å²) in [6.45, 7) is 1.79. The number of nitrogens with two attached hydrogens (primary N) is 1. The highest BCUT2D eigenvalue weighted by molar-refractivity contribution is 7.10. The van der Waals surface area contributed by atoms with E-state index in [1.165, 1.54) is 10.4 Å². The van der Waals surface area contributed by atoms with E-state index in [9.17, 15) is 4.79 Å². The summed E-state index contributed by atoms with van der Waals surface area (Å²) in [4.78, 5) is 17.6. The van der Waals surface area contributed by atoms with E-state index in [2.05, 4.69) is 21.3 Å². The van der Waals surface area contributed by atoms with E-state index in [-0.39, 0.29) is 0 Å². The fraction of sp³-hybridized carbons (Fsp3) is 0.214. The van der Waals surface area contributed by atoms with Gasteiger partial charge in [0, 0.05) is 24.0 Å². The van der Waals surface area contributed by atoms with Crippen molar-refractivity contribution in [3.8, 4) is 0 Å². The van der Waals surface area contributed by atoms with Gasteiger partial charge in [0.25, 0.3) is 0 Å². The van der Waals surface area contributed by atoms with Crippen LogP contribution in [0.2, 0.25) is 0 Å². The number of aromatic nitrogens is 1. The average Bonchev–Trinajstić information content (AvgIpc) is 3.01. The Bertz CT molecular complexity index is 846. The van der Waals surface area contributed by atoms with E-state index < -0.39 is 5.76 Å². The van der Waals surface area contributed by atoms with Gasteiger partial charge in [-0.05, 0) is 29.5 Å². The van der Waals surface area contributed by atoms with Gasteiger partial charge in [-0.15, -0.1) is 11.3 Å². The average molecular weight is 287 g/mol. The van der Waals surface area contributed by atoms with Gasteiger partial charge in [-0.2, -0.15) is 0 Å². The third kappa shape index (κ3) is 1.72. The van der Waals surface area contributed by atoms with Gasteiger partial charge in [0.2, 0.25) is 0 Å². The minimum absolute atomic E-state index is 0.449. The molecule has 3 aromatic rings. The van der Waals surface area contributed by atoms with Crippen LogP contribution in [-0.2, 0) is 13.0 Å². The van der Waals surface area contributed by atoms with Gasteiger partial charge >= 0.3 is 5.76 Å². The van der Waals surface area contributed by atoms with Crippen molar-refractivity contribution in [1.82, 2.24) is 4.98 Å². The molecule has 1 aliphatic heterocycles. The molecule has 0 amide bonds. The van der Waals surface area contributed by atoms with Crippen LogP contribution < -0.4 is 16.4 Å². The zero-order chi connectivity index (χ0) is 13.7. The second kappa shape index (κ2) is 4.14. The Morgan fingerprint density at radius 1 is 1.40 bits per heavy atom. The Kier molecular flexibility index (Phi) is 2.40. The Hall–Kier alpha value is -2.21. The molecule has 3 heterocycles. The van der Waals surface area contributed by atoms with Crippen molar-refractivity contribution >= 4 is 33.8 Å². The molecule has 0 saturated heterocycles. The summed E-state index contributed by atoms with van der Waals surface area (Å²) in [5.41, 5.74) is 10.3. The van der Waals surface area contributed by atoms with Crippen molar-refractivity contribution in [2.45, 2.75) is 13.0 Å². The lowest BCUT2D eigenvalue weighted by atomic mass is 10.1. The van der Waals surface area contributed by atoms with E-state index in [4.69, 9.17) is 10.2 Å². The maximum Gasteiger partial charge on any atom is 0.417 e. The molecule has 0 saturated carbocycles. The zero-order valence-corrected chi connectivity index (χ0v) is 11.5. The molecule has 3 N–H and O–H groups in total. The first kappa shape index (κ1) is 11.6. The molecule has 0 spiro atoms. The molecule has 5 nitrogen and oxygen atoms in total. The summed E-state index contributed by atoms with van der Waals surface area (Å²) >= 11 is 1.81.